The Kier molecular flexibility index (Phi) is 5.21. The molecule has 1 saturated heterocycles. The number of ether oxygens (including phenoxy) is 1. The molecule has 1 aliphatic rings. The fourth-order valence-corrected chi connectivity index (χ4v) is 3.98. The molecule has 0 unspecified atom stereocenters. The lowest BCUT2D eigenvalue weighted by atomic mass is 10.0. The number of hydrogen-bond acceptors (Lipinski definition) is 4. The number of carbonyl (C=O) groups is 1. The van der Waals surface area contributed by atoms with Crippen LogP contribution in [0, 0.1) is 5.82 Å². The van der Waals surface area contributed by atoms with Crippen molar-refractivity contribution in [3.05, 3.63) is 59.9 Å². The van der Waals surface area contributed by atoms with Crippen molar-refractivity contribution in [2.75, 3.05) is 24.5 Å². The summed E-state index contributed by atoms with van der Waals surface area (Å²) in [6.07, 6.45) is 0. The van der Waals surface area contributed by atoms with E-state index in [-0.39, 0.29) is 16.5 Å². The quantitative estimate of drug-likeness (QED) is 0.868. The summed E-state index contributed by atoms with van der Waals surface area (Å²) in [7, 11) is -3.88. The van der Waals surface area contributed by atoms with E-state index in [0.717, 1.165) is 12.1 Å². The SMILES string of the molecule is CC1(C)COCCN1C(=O)c1cccc(NS(=O)(=O)c2ccc(F)cc2)c1. The Balaban J connectivity index is 1.83. The normalized spacial score (nSPS) is 16.8. The monoisotopic (exact) mass is 392 g/mol. The van der Waals surface area contributed by atoms with E-state index in [0.29, 0.717) is 25.3 Å². The minimum absolute atomic E-state index is 0.0602. The van der Waals surface area contributed by atoms with Crippen LogP contribution in [0.4, 0.5) is 10.1 Å². The maximum atomic E-state index is 13.0. The van der Waals surface area contributed by atoms with Gasteiger partial charge in [0, 0.05) is 17.8 Å². The number of halogens is 1. The fraction of sp³-hybridized carbons (Fsp3) is 0.316. The van der Waals surface area contributed by atoms with Gasteiger partial charge in [0.2, 0.25) is 0 Å². The smallest absolute Gasteiger partial charge is 0.261 e. The zero-order valence-electron chi connectivity index (χ0n) is 15.1. The topological polar surface area (TPSA) is 75.7 Å². The molecule has 0 radical (unpaired) electrons. The number of anilines is 1. The maximum Gasteiger partial charge on any atom is 0.261 e. The Hall–Kier alpha value is -2.45. The number of hydrogen-bond donors (Lipinski definition) is 1. The van der Waals surface area contributed by atoms with Gasteiger partial charge in [0.1, 0.15) is 5.82 Å². The van der Waals surface area contributed by atoms with Gasteiger partial charge < -0.3 is 9.64 Å². The van der Waals surface area contributed by atoms with Gasteiger partial charge in [0.05, 0.1) is 23.6 Å². The molecular formula is C19H21FN2O4S. The highest BCUT2D eigenvalue weighted by Gasteiger charge is 2.34. The molecule has 27 heavy (non-hydrogen) atoms. The molecule has 1 heterocycles. The van der Waals surface area contributed by atoms with Crippen LogP contribution in [0.15, 0.2) is 53.4 Å². The van der Waals surface area contributed by atoms with E-state index in [9.17, 15) is 17.6 Å². The van der Waals surface area contributed by atoms with Gasteiger partial charge in [0.25, 0.3) is 15.9 Å². The predicted octanol–water partition coefficient (Wildman–Crippen LogP) is 2.88. The van der Waals surface area contributed by atoms with Crippen LogP contribution >= 0.6 is 0 Å². The summed E-state index contributed by atoms with van der Waals surface area (Å²) in [6, 6.07) is 10.8. The molecule has 1 N–H and O–H groups in total. The van der Waals surface area contributed by atoms with Crippen LogP contribution in [-0.2, 0) is 14.8 Å². The van der Waals surface area contributed by atoms with Gasteiger partial charge in [-0.25, -0.2) is 12.8 Å². The second-order valence-electron chi connectivity index (χ2n) is 6.96. The Morgan fingerprint density at radius 2 is 1.89 bits per heavy atom. The van der Waals surface area contributed by atoms with Crippen LogP contribution in [-0.4, -0.2) is 44.5 Å². The van der Waals surface area contributed by atoms with Gasteiger partial charge in [-0.3, -0.25) is 9.52 Å². The number of benzene rings is 2. The predicted molar refractivity (Wildman–Crippen MR) is 99.6 cm³/mol. The first-order valence-electron chi connectivity index (χ1n) is 8.47. The molecular weight excluding hydrogens is 371 g/mol. The van der Waals surface area contributed by atoms with E-state index in [1.165, 1.54) is 18.2 Å². The van der Waals surface area contributed by atoms with Crippen molar-refractivity contribution in [1.29, 1.82) is 0 Å². The first-order chi connectivity index (χ1) is 12.7. The molecule has 0 aromatic heterocycles. The van der Waals surface area contributed by atoms with E-state index in [4.69, 9.17) is 4.74 Å². The van der Waals surface area contributed by atoms with E-state index in [2.05, 4.69) is 4.72 Å². The third-order valence-electron chi connectivity index (χ3n) is 4.38. The van der Waals surface area contributed by atoms with Crippen LogP contribution in [0.25, 0.3) is 0 Å². The summed E-state index contributed by atoms with van der Waals surface area (Å²) in [4.78, 5) is 14.6. The van der Waals surface area contributed by atoms with Crippen molar-refractivity contribution in [2.45, 2.75) is 24.3 Å². The third kappa shape index (κ3) is 4.28. The van der Waals surface area contributed by atoms with Gasteiger partial charge in [-0.1, -0.05) is 6.07 Å². The molecule has 6 nitrogen and oxygen atoms in total. The van der Waals surface area contributed by atoms with Crippen LogP contribution in [0.1, 0.15) is 24.2 Å². The van der Waals surface area contributed by atoms with E-state index < -0.39 is 21.4 Å². The molecule has 0 saturated carbocycles. The number of rotatable bonds is 4. The second kappa shape index (κ2) is 7.28. The number of nitrogens with zero attached hydrogens (tertiary/aromatic N) is 1. The Labute approximate surface area is 158 Å². The lowest BCUT2D eigenvalue weighted by Crippen LogP contribution is -2.55. The molecule has 0 spiro atoms. The van der Waals surface area contributed by atoms with E-state index in [1.54, 1.807) is 23.1 Å². The molecule has 0 aliphatic carbocycles. The maximum absolute atomic E-state index is 13.0. The Morgan fingerprint density at radius 3 is 2.56 bits per heavy atom. The van der Waals surface area contributed by atoms with Gasteiger partial charge in [-0.15, -0.1) is 0 Å². The third-order valence-corrected chi connectivity index (χ3v) is 5.77. The summed E-state index contributed by atoms with van der Waals surface area (Å²) in [6.45, 7) is 5.22. The molecule has 3 rings (SSSR count). The molecule has 0 atom stereocenters. The van der Waals surface area contributed by atoms with Crippen LogP contribution in [0.2, 0.25) is 0 Å². The average molecular weight is 392 g/mol. The summed E-state index contributed by atoms with van der Waals surface area (Å²) in [5.41, 5.74) is 0.194. The summed E-state index contributed by atoms with van der Waals surface area (Å²) in [5.74, 6) is -0.708. The average Bonchev–Trinajstić information content (AvgIpc) is 2.61. The molecule has 2 aromatic rings. The summed E-state index contributed by atoms with van der Waals surface area (Å²) in [5, 5.41) is 0. The van der Waals surface area contributed by atoms with Gasteiger partial charge in [0.15, 0.2) is 0 Å². The summed E-state index contributed by atoms with van der Waals surface area (Å²) >= 11 is 0. The Bertz CT molecular complexity index is 942. The fourth-order valence-electron chi connectivity index (χ4n) is 2.93. The number of amides is 1. The molecule has 1 amide bonds. The van der Waals surface area contributed by atoms with Crippen LogP contribution in [0.5, 0.6) is 0 Å². The van der Waals surface area contributed by atoms with Crippen molar-refractivity contribution in [2.24, 2.45) is 0 Å². The number of carbonyl (C=O) groups excluding carboxylic acids is 1. The second-order valence-corrected chi connectivity index (χ2v) is 8.64. The molecule has 1 aliphatic heterocycles. The summed E-state index contributed by atoms with van der Waals surface area (Å²) < 4.78 is 45.8. The van der Waals surface area contributed by atoms with Crippen molar-refractivity contribution in [3.8, 4) is 0 Å². The number of sulfonamides is 1. The molecule has 0 bridgehead atoms. The molecule has 8 heteroatoms. The standard InChI is InChI=1S/C19H21FN2O4S/c1-19(2)13-26-11-10-22(19)18(23)14-4-3-5-16(12-14)21-27(24,25)17-8-6-15(20)7-9-17/h3-9,12,21H,10-11,13H2,1-2H3. The minimum atomic E-state index is -3.88. The van der Waals surface area contributed by atoms with Gasteiger partial charge >= 0.3 is 0 Å². The van der Waals surface area contributed by atoms with E-state index in [1.807, 2.05) is 13.8 Å². The van der Waals surface area contributed by atoms with Crippen LogP contribution in [0.3, 0.4) is 0 Å². The first kappa shape index (κ1) is 19.3. The molecule has 144 valence electrons. The highest BCUT2D eigenvalue weighted by molar-refractivity contribution is 7.92. The first-order valence-corrected chi connectivity index (χ1v) is 9.95. The van der Waals surface area contributed by atoms with Crippen LogP contribution < -0.4 is 4.72 Å². The lowest BCUT2D eigenvalue weighted by Gasteiger charge is -2.42. The zero-order chi connectivity index (χ0) is 19.7. The molecule has 1 fully saturated rings. The number of nitrogens with one attached hydrogen (secondary N) is 1. The highest BCUT2D eigenvalue weighted by atomic mass is 32.2. The Morgan fingerprint density at radius 1 is 1.19 bits per heavy atom. The molecule has 2 aromatic carbocycles. The largest absolute Gasteiger partial charge is 0.377 e. The van der Waals surface area contributed by atoms with Crippen molar-refractivity contribution in [1.82, 2.24) is 4.90 Å². The lowest BCUT2D eigenvalue weighted by molar-refractivity contribution is -0.0370. The minimum Gasteiger partial charge on any atom is -0.377 e. The van der Waals surface area contributed by atoms with Crippen molar-refractivity contribution < 1.29 is 22.3 Å². The zero-order valence-corrected chi connectivity index (χ0v) is 15.9. The highest BCUT2D eigenvalue weighted by Crippen LogP contribution is 2.24. The van der Waals surface area contributed by atoms with Gasteiger partial charge in [-0.2, -0.15) is 0 Å². The number of morpholine rings is 1. The van der Waals surface area contributed by atoms with Crippen molar-refractivity contribution >= 4 is 21.6 Å². The van der Waals surface area contributed by atoms with Gasteiger partial charge in [-0.05, 0) is 56.3 Å². The van der Waals surface area contributed by atoms with Crippen molar-refractivity contribution in [3.63, 3.8) is 0 Å². The van der Waals surface area contributed by atoms with E-state index >= 15 is 0 Å².